The smallest absolute Gasteiger partial charge is 0.226 e. The van der Waals surface area contributed by atoms with E-state index >= 15 is 0 Å². The van der Waals surface area contributed by atoms with Gasteiger partial charge >= 0.3 is 0 Å². The van der Waals surface area contributed by atoms with Gasteiger partial charge in [0.2, 0.25) is 6.29 Å². The van der Waals surface area contributed by atoms with E-state index in [4.69, 9.17) is 22.1 Å². The van der Waals surface area contributed by atoms with Crippen molar-refractivity contribution >= 4 is 29.2 Å². The third-order valence-electron chi connectivity index (χ3n) is 3.99. The van der Waals surface area contributed by atoms with Crippen LogP contribution in [0.4, 0.5) is 10.2 Å². The zero-order chi connectivity index (χ0) is 20.0. The Kier molecular flexibility index (Phi) is 7.33. The molecule has 0 fully saturated rings. The van der Waals surface area contributed by atoms with Crippen LogP contribution in [0.15, 0.2) is 35.5 Å². The number of hydrogen-bond donors (Lipinski definition) is 2. The molecule has 2 rings (SSSR count). The van der Waals surface area contributed by atoms with E-state index < -0.39 is 12.1 Å². The first-order valence-electron chi connectivity index (χ1n) is 8.62. The molecule has 0 aliphatic carbocycles. The molecule has 1 heterocycles. The molecule has 1 atom stereocenters. The summed E-state index contributed by atoms with van der Waals surface area (Å²) in [5, 5.41) is 10.8. The lowest BCUT2D eigenvalue weighted by Crippen LogP contribution is -2.13. The van der Waals surface area contributed by atoms with Crippen molar-refractivity contribution in [3.05, 3.63) is 58.0 Å². The highest BCUT2D eigenvalue weighted by atomic mass is 35.5. The molecule has 0 spiro atoms. The highest BCUT2D eigenvalue weighted by molar-refractivity contribution is 6.31. The molecule has 0 amide bonds. The number of allylic oxidation sites excluding steroid dienone is 2. The Bertz CT molecular complexity index is 869. The third kappa shape index (κ3) is 4.84. The molecule has 0 bridgehead atoms. The fourth-order valence-corrected chi connectivity index (χ4v) is 3.00. The monoisotopic (exact) mass is 391 g/mol. The summed E-state index contributed by atoms with van der Waals surface area (Å²) in [5.41, 5.74) is 7.96. The molecule has 144 valence electrons. The van der Waals surface area contributed by atoms with Crippen molar-refractivity contribution in [2.45, 2.75) is 33.0 Å². The summed E-state index contributed by atoms with van der Waals surface area (Å²) < 4.78 is 19.7. The van der Waals surface area contributed by atoms with Gasteiger partial charge in [-0.15, -0.1) is 0 Å². The van der Waals surface area contributed by atoms with Crippen molar-refractivity contribution in [2.24, 2.45) is 4.99 Å². The van der Waals surface area contributed by atoms with Crippen LogP contribution in [0.5, 0.6) is 5.75 Å². The van der Waals surface area contributed by atoms with Gasteiger partial charge in [0.15, 0.2) is 11.6 Å². The zero-order valence-corrected chi connectivity index (χ0v) is 16.3. The summed E-state index contributed by atoms with van der Waals surface area (Å²) in [6.07, 6.45) is 4.97. The number of rotatable bonds is 7. The van der Waals surface area contributed by atoms with Crippen LogP contribution >= 0.6 is 11.6 Å². The summed E-state index contributed by atoms with van der Waals surface area (Å²) in [4.78, 5) is 8.16. The van der Waals surface area contributed by atoms with Crippen molar-refractivity contribution in [1.82, 2.24) is 4.98 Å². The van der Waals surface area contributed by atoms with E-state index in [1.165, 1.54) is 12.1 Å². The maximum atomic E-state index is 14.1. The summed E-state index contributed by atoms with van der Waals surface area (Å²) in [5.74, 6) is -0.173. The summed E-state index contributed by atoms with van der Waals surface area (Å²) in [6.45, 7) is 3.78. The Hall–Kier alpha value is -2.44. The molecule has 0 saturated carbocycles. The van der Waals surface area contributed by atoms with E-state index in [0.29, 0.717) is 12.0 Å². The Morgan fingerprint density at radius 1 is 1.44 bits per heavy atom. The Labute approximate surface area is 163 Å². The predicted molar refractivity (Wildman–Crippen MR) is 108 cm³/mol. The molecular weight excluding hydrogens is 369 g/mol. The van der Waals surface area contributed by atoms with E-state index in [9.17, 15) is 9.50 Å². The average Bonchev–Trinajstić information content (AvgIpc) is 2.64. The normalized spacial score (nSPS) is 13.2. The predicted octanol–water partition coefficient (Wildman–Crippen LogP) is 4.58. The number of aliphatic imine (C=N–C) groups is 1. The number of aliphatic hydroxyl groups is 1. The number of nitrogen functional groups attached to an aromatic ring is 1. The highest BCUT2D eigenvalue weighted by Gasteiger charge is 2.21. The molecule has 0 saturated heterocycles. The van der Waals surface area contributed by atoms with Crippen LogP contribution in [0.1, 0.15) is 43.2 Å². The second kappa shape index (κ2) is 9.48. The van der Waals surface area contributed by atoms with Crippen LogP contribution in [0.3, 0.4) is 0 Å². The fraction of sp³-hybridized carbons (Fsp3) is 0.300. The van der Waals surface area contributed by atoms with Gasteiger partial charge < -0.3 is 15.6 Å². The third-order valence-corrected chi connectivity index (χ3v) is 4.32. The molecule has 0 aliphatic rings. The van der Waals surface area contributed by atoms with Crippen molar-refractivity contribution in [3.8, 4) is 5.75 Å². The van der Waals surface area contributed by atoms with E-state index in [0.717, 1.165) is 17.6 Å². The number of aromatic nitrogens is 1. The molecule has 27 heavy (non-hydrogen) atoms. The standard InChI is InChI=1S/C20H23ClFN3O2/c1-4-6-12(10-24-3)13-9-17(19(23)25-11-13)27-20(26)18-14(5-2)16(22)8-7-15(18)21/h6-11,20,26H,4-5H2,1-3H3,(H2,23,25)/b12-6+,24-10?. The minimum atomic E-state index is -1.49. The molecule has 7 heteroatoms. The van der Waals surface area contributed by atoms with Crippen molar-refractivity contribution in [1.29, 1.82) is 0 Å². The number of ether oxygens (including phenoxy) is 1. The Morgan fingerprint density at radius 3 is 2.81 bits per heavy atom. The molecule has 0 aliphatic heterocycles. The Morgan fingerprint density at radius 2 is 2.19 bits per heavy atom. The maximum absolute atomic E-state index is 14.1. The van der Waals surface area contributed by atoms with Gasteiger partial charge in [-0.3, -0.25) is 4.99 Å². The first kappa shape index (κ1) is 20.9. The van der Waals surface area contributed by atoms with Crippen LogP contribution in [0.25, 0.3) is 5.57 Å². The first-order chi connectivity index (χ1) is 12.9. The van der Waals surface area contributed by atoms with Gasteiger partial charge in [-0.05, 0) is 42.2 Å². The van der Waals surface area contributed by atoms with Gasteiger partial charge in [0.05, 0.1) is 5.02 Å². The largest absolute Gasteiger partial charge is 0.457 e. The number of nitrogens with two attached hydrogens (primary N) is 1. The van der Waals surface area contributed by atoms with Gasteiger partial charge in [-0.25, -0.2) is 9.37 Å². The van der Waals surface area contributed by atoms with Gasteiger partial charge in [0.1, 0.15) is 5.82 Å². The lowest BCUT2D eigenvalue weighted by Gasteiger charge is -2.19. The molecule has 3 N–H and O–H groups in total. The quantitative estimate of drug-likeness (QED) is 0.534. The number of benzene rings is 1. The molecule has 5 nitrogen and oxygen atoms in total. The van der Waals surface area contributed by atoms with Crippen molar-refractivity contribution in [3.63, 3.8) is 0 Å². The van der Waals surface area contributed by atoms with E-state index in [1.807, 2.05) is 13.0 Å². The van der Waals surface area contributed by atoms with Crippen molar-refractivity contribution in [2.75, 3.05) is 12.8 Å². The minimum Gasteiger partial charge on any atom is -0.457 e. The zero-order valence-electron chi connectivity index (χ0n) is 15.5. The summed E-state index contributed by atoms with van der Waals surface area (Å²) >= 11 is 6.17. The topological polar surface area (TPSA) is 80.7 Å². The number of pyridine rings is 1. The van der Waals surface area contributed by atoms with Crippen LogP contribution in [-0.2, 0) is 6.42 Å². The second-order valence-corrected chi connectivity index (χ2v) is 6.21. The number of halogens is 2. The van der Waals surface area contributed by atoms with Crippen LogP contribution < -0.4 is 10.5 Å². The molecule has 1 aromatic heterocycles. The van der Waals surface area contributed by atoms with Crippen LogP contribution in [0.2, 0.25) is 5.02 Å². The molecular formula is C20H23ClFN3O2. The number of hydrogen-bond acceptors (Lipinski definition) is 5. The Balaban J connectivity index is 2.42. The number of aliphatic hydroxyl groups excluding tert-OH is 1. The summed E-state index contributed by atoms with van der Waals surface area (Å²) in [7, 11) is 1.67. The lowest BCUT2D eigenvalue weighted by molar-refractivity contribution is -0.0198. The lowest BCUT2D eigenvalue weighted by atomic mass is 10.0. The van der Waals surface area contributed by atoms with E-state index in [-0.39, 0.29) is 22.2 Å². The van der Waals surface area contributed by atoms with E-state index in [1.54, 1.807) is 32.4 Å². The molecule has 0 radical (unpaired) electrons. The van der Waals surface area contributed by atoms with Crippen molar-refractivity contribution < 1.29 is 14.2 Å². The molecule has 1 aromatic carbocycles. The van der Waals surface area contributed by atoms with Gasteiger partial charge in [-0.2, -0.15) is 0 Å². The fourth-order valence-electron chi connectivity index (χ4n) is 2.73. The van der Waals surface area contributed by atoms with Gasteiger partial charge in [0.25, 0.3) is 0 Å². The minimum absolute atomic E-state index is 0.104. The maximum Gasteiger partial charge on any atom is 0.226 e. The van der Waals surface area contributed by atoms with Gasteiger partial charge in [0, 0.05) is 30.6 Å². The molecule has 2 aromatic rings. The summed E-state index contributed by atoms with van der Waals surface area (Å²) in [6, 6.07) is 4.31. The number of anilines is 1. The molecule has 1 unspecified atom stereocenters. The first-order valence-corrected chi connectivity index (χ1v) is 9.00. The highest BCUT2D eigenvalue weighted by Crippen LogP contribution is 2.33. The number of nitrogens with zero attached hydrogens (tertiary/aromatic N) is 2. The average molecular weight is 392 g/mol. The SMILES string of the molecule is CC/C=C(\C=NC)c1cnc(N)c(OC(O)c2c(Cl)ccc(F)c2CC)c1. The van der Waals surface area contributed by atoms with Gasteiger partial charge in [-0.1, -0.05) is 31.5 Å². The second-order valence-electron chi connectivity index (χ2n) is 5.81. The van der Waals surface area contributed by atoms with Crippen LogP contribution in [0, 0.1) is 5.82 Å². The van der Waals surface area contributed by atoms with Crippen LogP contribution in [-0.4, -0.2) is 23.4 Å². The van der Waals surface area contributed by atoms with E-state index in [2.05, 4.69) is 9.98 Å².